The monoisotopic (exact) mass is 604 g/mol. The van der Waals surface area contributed by atoms with E-state index in [4.69, 9.17) is 0 Å². The van der Waals surface area contributed by atoms with E-state index in [1.807, 2.05) is 0 Å². The van der Waals surface area contributed by atoms with Crippen molar-refractivity contribution in [3.8, 4) is 16.8 Å². The summed E-state index contributed by atoms with van der Waals surface area (Å²) < 4.78 is 2.48. The Morgan fingerprint density at radius 2 is 0.957 bits per heavy atom. The maximum absolute atomic E-state index is 2.48. The van der Waals surface area contributed by atoms with Gasteiger partial charge in [0.2, 0.25) is 0 Å². The Hall–Kier alpha value is -5.60. The molecule has 0 spiro atoms. The molecule has 0 atom stereocenters. The van der Waals surface area contributed by atoms with Crippen LogP contribution in [0.25, 0.3) is 49.4 Å². The van der Waals surface area contributed by atoms with E-state index >= 15 is 0 Å². The highest BCUT2D eigenvalue weighted by atomic mass is 15.1. The molecule has 1 aromatic heterocycles. The number of nitrogens with zero attached hydrogens (tertiary/aromatic N) is 2. The molecule has 1 aliphatic carbocycles. The molecule has 0 amide bonds. The Kier molecular flexibility index (Phi) is 6.01. The summed E-state index contributed by atoms with van der Waals surface area (Å²) in [5, 5.41) is 5.14. The average molecular weight is 605 g/mol. The van der Waals surface area contributed by atoms with Crippen LogP contribution in [0.4, 0.5) is 17.1 Å². The molecule has 1 heterocycles. The second-order valence-corrected chi connectivity index (χ2v) is 13.6. The number of anilines is 3. The lowest BCUT2D eigenvalue weighted by Crippen LogP contribution is -2.17. The van der Waals surface area contributed by atoms with E-state index in [1.54, 1.807) is 0 Å². The van der Waals surface area contributed by atoms with E-state index in [1.165, 1.54) is 77.3 Å². The normalized spacial score (nSPS) is 13.3. The third-order valence-electron chi connectivity index (χ3n) is 10.3. The summed E-state index contributed by atoms with van der Waals surface area (Å²) in [6.45, 7) is 9.09. The van der Waals surface area contributed by atoms with Gasteiger partial charge < -0.3 is 9.47 Å². The van der Waals surface area contributed by atoms with Gasteiger partial charge in [-0.15, -0.1) is 0 Å². The molecule has 0 aliphatic heterocycles. The van der Waals surface area contributed by atoms with Crippen LogP contribution < -0.4 is 4.90 Å². The fourth-order valence-electron chi connectivity index (χ4n) is 7.89. The van der Waals surface area contributed by atoms with E-state index in [0.29, 0.717) is 0 Å². The topological polar surface area (TPSA) is 8.17 Å². The molecular weight excluding hydrogens is 569 g/mol. The summed E-state index contributed by atoms with van der Waals surface area (Å²) in [6, 6.07) is 53.9. The summed E-state index contributed by atoms with van der Waals surface area (Å²) >= 11 is 0. The molecule has 8 aromatic rings. The Morgan fingerprint density at radius 1 is 0.468 bits per heavy atom. The molecular formula is C45H36N2. The van der Waals surface area contributed by atoms with Crippen LogP contribution in [0.5, 0.6) is 0 Å². The van der Waals surface area contributed by atoms with Crippen molar-refractivity contribution in [3.05, 3.63) is 168 Å². The summed E-state index contributed by atoms with van der Waals surface area (Å²) in [6.07, 6.45) is 0. The predicted molar refractivity (Wildman–Crippen MR) is 200 cm³/mol. The molecule has 47 heavy (non-hydrogen) atoms. The van der Waals surface area contributed by atoms with Gasteiger partial charge in [0.05, 0.1) is 16.7 Å². The molecule has 7 aromatic carbocycles. The Morgan fingerprint density at radius 3 is 1.53 bits per heavy atom. The van der Waals surface area contributed by atoms with Gasteiger partial charge in [-0.05, 0) is 96.1 Å². The van der Waals surface area contributed by atoms with Crippen LogP contribution in [0.2, 0.25) is 0 Å². The van der Waals surface area contributed by atoms with Gasteiger partial charge in [-0.2, -0.15) is 0 Å². The van der Waals surface area contributed by atoms with Crippen molar-refractivity contribution in [2.24, 2.45) is 0 Å². The van der Waals surface area contributed by atoms with Gasteiger partial charge in [0, 0.05) is 38.6 Å². The highest BCUT2D eigenvalue weighted by molar-refractivity contribution is 6.12. The molecule has 0 radical (unpaired) electrons. The van der Waals surface area contributed by atoms with Crippen LogP contribution in [0.1, 0.15) is 36.1 Å². The largest absolute Gasteiger partial charge is 0.310 e. The van der Waals surface area contributed by atoms with E-state index in [0.717, 1.165) is 11.4 Å². The zero-order valence-corrected chi connectivity index (χ0v) is 27.3. The highest BCUT2D eigenvalue weighted by Crippen LogP contribution is 2.54. The number of benzene rings is 7. The van der Waals surface area contributed by atoms with E-state index in [-0.39, 0.29) is 5.41 Å². The first kappa shape index (κ1) is 27.7. The minimum atomic E-state index is -0.204. The molecule has 0 saturated carbocycles. The van der Waals surface area contributed by atoms with Crippen molar-refractivity contribution in [3.63, 3.8) is 0 Å². The van der Waals surface area contributed by atoms with Gasteiger partial charge in [0.25, 0.3) is 0 Å². The minimum absolute atomic E-state index is 0.204. The van der Waals surface area contributed by atoms with Crippen LogP contribution in [-0.4, -0.2) is 4.57 Å². The lowest BCUT2D eigenvalue weighted by atomic mass is 9.81. The first-order valence-corrected chi connectivity index (χ1v) is 16.5. The van der Waals surface area contributed by atoms with Crippen LogP contribution >= 0.6 is 0 Å². The molecule has 0 bridgehead atoms. The average Bonchev–Trinajstić information content (AvgIpc) is 3.55. The van der Waals surface area contributed by atoms with Gasteiger partial charge in [0.15, 0.2) is 0 Å². The molecule has 226 valence electrons. The van der Waals surface area contributed by atoms with Crippen LogP contribution in [0.3, 0.4) is 0 Å². The number of hydrogen-bond acceptors (Lipinski definition) is 1. The lowest BCUT2D eigenvalue weighted by Gasteiger charge is -2.28. The summed E-state index contributed by atoms with van der Waals surface area (Å²) in [5.41, 5.74) is 14.9. The van der Waals surface area contributed by atoms with Crippen molar-refractivity contribution in [2.45, 2.75) is 33.1 Å². The first-order valence-electron chi connectivity index (χ1n) is 16.5. The highest BCUT2D eigenvalue weighted by Gasteiger charge is 2.38. The van der Waals surface area contributed by atoms with Crippen LogP contribution in [0.15, 0.2) is 146 Å². The van der Waals surface area contributed by atoms with Gasteiger partial charge in [-0.25, -0.2) is 0 Å². The SMILES string of the molecule is Cc1ccc(N(c2ccc(C)cc2)c2ccc3c(c2)C(C)(C)c2cc(-n4c5ccccc5c5ccccc54)c4ccccc4c2-3)cc1. The number of rotatable bonds is 4. The van der Waals surface area contributed by atoms with Crippen LogP contribution in [0, 0.1) is 13.8 Å². The number of fused-ring (bicyclic) bond motifs is 8. The lowest BCUT2D eigenvalue weighted by molar-refractivity contribution is 0.660. The van der Waals surface area contributed by atoms with E-state index in [9.17, 15) is 0 Å². The van der Waals surface area contributed by atoms with Crippen molar-refractivity contribution < 1.29 is 0 Å². The Balaban J connectivity index is 1.28. The standard InChI is InChI=1S/C45H36N2/c1-29-17-21-31(22-18-29)46(32-23-19-30(2)20-24-32)33-25-26-38-39(27-33)45(3,4)40-28-43(36-13-5-6-14-37(36)44(38)40)47-41-15-9-7-11-34(41)35-12-8-10-16-42(35)47/h5-28H,1-4H3. The molecule has 0 fully saturated rings. The maximum atomic E-state index is 2.48. The zero-order chi connectivity index (χ0) is 31.9. The summed E-state index contributed by atoms with van der Waals surface area (Å²) in [7, 11) is 0. The second-order valence-electron chi connectivity index (χ2n) is 13.6. The number of aryl methyl sites for hydroxylation is 2. The molecule has 2 heteroatoms. The van der Waals surface area contributed by atoms with Crippen molar-refractivity contribution >= 4 is 49.6 Å². The Labute approximate surface area is 276 Å². The van der Waals surface area contributed by atoms with Crippen molar-refractivity contribution in [1.29, 1.82) is 0 Å². The summed E-state index contributed by atoms with van der Waals surface area (Å²) in [4.78, 5) is 2.39. The molecule has 2 nitrogen and oxygen atoms in total. The zero-order valence-electron chi connectivity index (χ0n) is 27.3. The summed E-state index contributed by atoms with van der Waals surface area (Å²) in [5.74, 6) is 0. The minimum Gasteiger partial charge on any atom is -0.310 e. The molecule has 9 rings (SSSR count). The molecule has 0 N–H and O–H groups in total. The van der Waals surface area contributed by atoms with E-state index in [2.05, 4.69) is 183 Å². The fourth-order valence-corrected chi connectivity index (χ4v) is 7.89. The molecule has 1 aliphatic rings. The number of para-hydroxylation sites is 2. The molecule has 0 unspecified atom stereocenters. The number of hydrogen-bond donors (Lipinski definition) is 0. The van der Waals surface area contributed by atoms with Crippen LogP contribution in [-0.2, 0) is 5.41 Å². The van der Waals surface area contributed by atoms with Gasteiger partial charge in [0.1, 0.15) is 0 Å². The van der Waals surface area contributed by atoms with Crippen molar-refractivity contribution in [1.82, 2.24) is 4.57 Å². The first-order chi connectivity index (χ1) is 22.9. The van der Waals surface area contributed by atoms with E-state index < -0.39 is 0 Å². The third kappa shape index (κ3) is 4.11. The maximum Gasteiger partial charge on any atom is 0.0544 e. The second kappa shape index (κ2) is 10.2. The van der Waals surface area contributed by atoms with Gasteiger partial charge in [-0.3, -0.25) is 0 Å². The quantitative estimate of drug-likeness (QED) is 0.194. The predicted octanol–water partition coefficient (Wildman–Crippen LogP) is 12.3. The number of aromatic nitrogens is 1. The smallest absolute Gasteiger partial charge is 0.0544 e. The van der Waals surface area contributed by atoms with Crippen molar-refractivity contribution in [2.75, 3.05) is 4.90 Å². The third-order valence-corrected chi connectivity index (χ3v) is 10.3. The Bertz CT molecular complexity index is 2400. The van der Waals surface area contributed by atoms with Gasteiger partial charge in [-0.1, -0.05) is 116 Å². The molecule has 0 saturated heterocycles. The van der Waals surface area contributed by atoms with Gasteiger partial charge >= 0.3 is 0 Å². The fraction of sp³-hybridized carbons (Fsp3) is 0.111.